The molecule has 164 valence electrons. The van der Waals surface area contributed by atoms with Crippen LogP contribution in [0.1, 0.15) is 23.5 Å². The van der Waals surface area contributed by atoms with Crippen molar-refractivity contribution in [2.75, 3.05) is 24.5 Å². The highest BCUT2D eigenvalue weighted by Gasteiger charge is 2.46. The van der Waals surface area contributed by atoms with Crippen molar-refractivity contribution in [2.45, 2.75) is 18.8 Å². The van der Waals surface area contributed by atoms with Gasteiger partial charge in [-0.25, -0.2) is 0 Å². The molecule has 0 bridgehead atoms. The van der Waals surface area contributed by atoms with Crippen LogP contribution in [-0.4, -0.2) is 25.5 Å². The highest BCUT2D eigenvalue weighted by atomic mass is 35.5. The van der Waals surface area contributed by atoms with E-state index in [4.69, 9.17) is 11.6 Å². The summed E-state index contributed by atoms with van der Waals surface area (Å²) in [5.41, 5.74) is 3.58. The molecular weight excluding hydrogens is 416 g/mol. The van der Waals surface area contributed by atoms with Crippen molar-refractivity contribution in [3.8, 4) is 0 Å². The molecule has 1 amide bonds. The number of hydrogen-bond donors (Lipinski definition) is 1. The Morgan fingerprint density at radius 1 is 0.875 bits per heavy atom. The maximum atomic E-state index is 13.7. The van der Waals surface area contributed by atoms with Crippen LogP contribution in [0.15, 0.2) is 84.9 Å². The fraction of sp³-hybridized carbons (Fsp3) is 0.321. The Labute approximate surface area is 195 Å². The number of amides is 1. The maximum absolute atomic E-state index is 13.7. The van der Waals surface area contributed by atoms with Crippen molar-refractivity contribution in [3.63, 3.8) is 0 Å². The zero-order valence-electron chi connectivity index (χ0n) is 18.2. The summed E-state index contributed by atoms with van der Waals surface area (Å²) in [5, 5.41) is 4.26. The van der Waals surface area contributed by atoms with Crippen molar-refractivity contribution in [1.29, 1.82) is 0 Å². The fourth-order valence-corrected chi connectivity index (χ4v) is 5.20. The van der Waals surface area contributed by atoms with E-state index < -0.39 is 0 Å². The third kappa shape index (κ3) is 4.74. The Hall–Kier alpha value is -2.62. The maximum Gasteiger partial charge on any atom is 0.230 e. The van der Waals surface area contributed by atoms with Crippen molar-refractivity contribution in [1.82, 2.24) is 5.32 Å². The molecule has 1 aliphatic heterocycles. The number of anilines is 1. The predicted octanol–water partition coefficient (Wildman–Crippen LogP) is 5.56. The summed E-state index contributed by atoms with van der Waals surface area (Å²) in [6.45, 7) is 2.68. The van der Waals surface area contributed by atoms with Gasteiger partial charge in [0, 0.05) is 23.2 Å². The number of rotatable bonds is 7. The van der Waals surface area contributed by atoms with E-state index in [0.29, 0.717) is 22.8 Å². The molecule has 4 atom stereocenters. The second-order valence-corrected chi connectivity index (χ2v) is 9.59. The zero-order valence-corrected chi connectivity index (χ0v) is 18.9. The Balaban J connectivity index is 1.34. The van der Waals surface area contributed by atoms with E-state index in [-0.39, 0.29) is 11.8 Å². The van der Waals surface area contributed by atoms with Gasteiger partial charge in [0.05, 0.1) is 0 Å². The lowest BCUT2D eigenvalue weighted by molar-refractivity contribution is -0.120. The first-order valence-electron chi connectivity index (χ1n) is 11.6. The number of hydrogen-bond acceptors (Lipinski definition) is 2. The Bertz CT molecular complexity index is 1040. The Kier molecular flexibility index (Phi) is 6.29. The van der Waals surface area contributed by atoms with Crippen molar-refractivity contribution < 1.29 is 4.79 Å². The zero-order chi connectivity index (χ0) is 21.9. The monoisotopic (exact) mass is 444 g/mol. The number of nitrogens with one attached hydrogen (secondary N) is 1. The molecule has 1 N–H and O–H groups in total. The van der Waals surface area contributed by atoms with Crippen LogP contribution in [0.4, 0.5) is 5.69 Å². The van der Waals surface area contributed by atoms with Gasteiger partial charge < -0.3 is 10.2 Å². The third-order valence-electron chi connectivity index (χ3n) is 6.98. The number of carbonyl (C=O) groups excluding carboxylic acids is 1. The van der Waals surface area contributed by atoms with Gasteiger partial charge in [-0.05, 0) is 79.1 Å². The molecule has 1 unspecified atom stereocenters. The Morgan fingerprint density at radius 2 is 1.53 bits per heavy atom. The SMILES string of the molecule is O=C(C1C[C@H]1c1ccccc1)N(C[C@H]1CNC[C@@H]1Cc1ccccc1)c1ccc(Cl)cc1. The lowest BCUT2D eigenvalue weighted by atomic mass is 9.89. The molecule has 3 aromatic rings. The van der Waals surface area contributed by atoms with E-state index in [2.05, 4.69) is 59.9 Å². The number of nitrogens with zero attached hydrogens (tertiary/aromatic N) is 1. The van der Waals surface area contributed by atoms with Gasteiger partial charge in [-0.2, -0.15) is 0 Å². The summed E-state index contributed by atoms with van der Waals surface area (Å²) in [4.78, 5) is 15.7. The second kappa shape index (κ2) is 9.48. The predicted molar refractivity (Wildman–Crippen MR) is 131 cm³/mol. The van der Waals surface area contributed by atoms with Crippen LogP contribution in [0.25, 0.3) is 0 Å². The van der Waals surface area contributed by atoms with Gasteiger partial charge in [-0.15, -0.1) is 0 Å². The summed E-state index contributed by atoms with van der Waals surface area (Å²) in [6.07, 6.45) is 1.97. The van der Waals surface area contributed by atoms with Gasteiger partial charge >= 0.3 is 0 Å². The average molecular weight is 445 g/mol. The minimum atomic E-state index is 0.0648. The van der Waals surface area contributed by atoms with Crippen molar-refractivity contribution in [2.24, 2.45) is 17.8 Å². The molecule has 1 saturated heterocycles. The molecule has 0 aromatic heterocycles. The summed E-state index contributed by atoms with van der Waals surface area (Å²) in [6, 6.07) is 28.8. The lowest BCUT2D eigenvalue weighted by Crippen LogP contribution is -2.39. The second-order valence-electron chi connectivity index (χ2n) is 9.15. The highest BCUT2D eigenvalue weighted by Crippen LogP contribution is 2.49. The van der Waals surface area contributed by atoms with E-state index in [1.165, 1.54) is 11.1 Å². The van der Waals surface area contributed by atoms with Crippen molar-refractivity contribution >= 4 is 23.2 Å². The third-order valence-corrected chi connectivity index (χ3v) is 7.23. The molecule has 4 heteroatoms. The summed E-state index contributed by atoms with van der Waals surface area (Å²) >= 11 is 6.14. The van der Waals surface area contributed by atoms with E-state index in [9.17, 15) is 4.79 Å². The highest BCUT2D eigenvalue weighted by molar-refractivity contribution is 6.30. The molecule has 3 nitrogen and oxygen atoms in total. The van der Waals surface area contributed by atoms with Crippen LogP contribution in [0.5, 0.6) is 0 Å². The van der Waals surface area contributed by atoms with Crippen LogP contribution in [-0.2, 0) is 11.2 Å². The van der Waals surface area contributed by atoms with Gasteiger partial charge in [-0.1, -0.05) is 72.3 Å². The molecular formula is C28H29ClN2O. The minimum Gasteiger partial charge on any atom is -0.316 e. The number of carbonyl (C=O) groups is 1. The smallest absolute Gasteiger partial charge is 0.230 e. The molecule has 1 saturated carbocycles. The molecule has 1 aliphatic carbocycles. The van der Waals surface area contributed by atoms with Crippen molar-refractivity contribution in [3.05, 3.63) is 101 Å². The topological polar surface area (TPSA) is 32.3 Å². The first kappa shape index (κ1) is 21.2. The average Bonchev–Trinajstić information content (AvgIpc) is 3.53. The van der Waals surface area contributed by atoms with Gasteiger partial charge in [-0.3, -0.25) is 4.79 Å². The van der Waals surface area contributed by atoms with Gasteiger partial charge in [0.15, 0.2) is 0 Å². The van der Waals surface area contributed by atoms with Crippen LogP contribution in [0.3, 0.4) is 0 Å². The largest absolute Gasteiger partial charge is 0.316 e. The number of benzene rings is 3. The first-order chi connectivity index (χ1) is 15.7. The van der Waals surface area contributed by atoms with Gasteiger partial charge in [0.1, 0.15) is 0 Å². The first-order valence-corrected chi connectivity index (χ1v) is 11.9. The number of halogens is 1. The molecule has 5 rings (SSSR count). The molecule has 32 heavy (non-hydrogen) atoms. The standard InChI is InChI=1S/C28H29ClN2O/c29-24-11-13-25(14-12-24)31(28(32)27-16-26(27)21-9-5-2-6-10-21)19-23-18-30-17-22(23)15-20-7-3-1-4-8-20/h1-14,22-23,26-27,30H,15-19H2/t22-,23+,26-,27?/m0/s1. The van der Waals surface area contributed by atoms with Crippen LogP contribution in [0, 0.1) is 17.8 Å². The molecule has 2 fully saturated rings. The van der Waals surface area contributed by atoms with E-state index >= 15 is 0 Å². The van der Waals surface area contributed by atoms with Gasteiger partial charge in [0.25, 0.3) is 0 Å². The van der Waals surface area contributed by atoms with Crippen LogP contribution < -0.4 is 10.2 Å². The van der Waals surface area contributed by atoms with Crippen LogP contribution >= 0.6 is 11.6 Å². The van der Waals surface area contributed by atoms with E-state index in [1.54, 1.807) is 0 Å². The van der Waals surface area contributed by atoms with Gasteiger partial charge in [0.2, 0.25) is 5.91 Å². The fourth-order valence-electron chi connectivity index (χ4n) is 5.07. The molecule has 0 radical (unpaired) electrons. The van der Waals surface area contributed by atoms with E-state index in [0.717, 1.165) is 38.2 Å². The van der Waals surface area contributed by atoms with Crippen LogP contribution in [0.2, 0.25) is 5.02 Å². The molecule has 0 spiro atoms. The Morgan fingerprint density at radius 3 is 2.25 bits per heavy atom. The lowest BCUT2D eigenvalue weighted by Gasteiger charge is -2.29. The molecule has 3 aromatic carbocycles. The summed E-state index contributed by atoms with van der Waals surface area (Å²) < 4.78 is 0. The minimum absolute atomic E-state index is 0.0648. The molecule has 2 aliphatic rings. The summed E-state index contributed by atoms with van der Waals surface area (Å²) in [5.74, 6) is 1.58. The molecule has 1 heterocycles. The quantitative estimate of drug-likeness (QED) is 0.517. The summed E-state index contributed by atoms with van der Waals surface area (Å²) in [7, 11) is 0. The normalized spacial score (nSPS) is 24.3. The van der Waals surface area contributed by atoms with E-state index in [1.807, 2.05) is 35.2 Å².